The highest BCUT2D eigenvalue weighted by atomic mass is 79.9. The first-order chi connectivity index (χ1) is 19.2. The van der Waals surface area contributed by atoms with E-state index in [-0.39, 0.29) is 30.3 Å². The minimum Gasteiger partial charge on any atom is -0.394 e. The molecule has 216 valence electrons. The molecular formula is C27H32Br2N4O6S. The number of aliphatic hydroxyl groups excluding tert-OH is 1. The minimum absolute atomic E-state index is 0.0271. The first-order valence-corrected chi connectivity index (χ1v) is 15.8. The standard InChI is InChI=1S/C17H19BrN2O4S.C10H13BrN2O2/c1-13-2-4-16(5-3-13)25(21,22)24-12-15-11-20(8-9-23-15)17-10-14(18)6-7-19-17;11-8-1-2-12-10(5-8)13-3-4-15-9(6-13)7-14/h2-7,10,15H,8-9,11-12H2,1H3;1-2,5,9,14H,3-4,6-7H2/t15-;9-/m11/s1. The van der Waals surface area contributed by atoms with Crippen LogP contribution in [-0.4, -0.2) is 88.3 Å². The van der Waals surface area contributed by atoms with Gasteiger partial charge in [0.2, 0.25) is 0 Å². The Hall–Kier alpha value is -2.13. The number of benzene rings is 1. The first-order valence-electron chi connectivity index (χ1n) is 12.8. The van der Waals surface area contributed by atoms with Gasteiger partial charge in [0, 0.05) is 47.5 Å². The fraction of sp³-hybridized carbons (Fsp3) is 0.407. The molecule has 0 unspecified atom stereocenters. The van der Waals surface area contributed by atoms with Crippen LogP contribution in [-0.2, 0) is 23.8 Å². The van der Waals surface area contributed by atoms with Gasteiger partial charge in [0.25, 0.3) is 10.1 Å². The Bertz CT molecular complexity index is 1350. The van der Waals surface area contributed by atoms with Gasteiger partial charge >= 0.3 is 0 Å². The molecule has 2 aromatic heterocycles. The van der Waals surface area contributed by atoms with E-state index in [1.807, 2.05) is 31.2 Å². The number of aliphatic hydroxyl groups is 1. The third-order valence-corrected chi connectivity index (χ3v) is 8.55. The van der Waals surface area contributed by atoms with Crippen LogP contribution in [0, 0.1) is 6.92 Å². The molecule has 1 N–H and O–H groups in total. The number of rotatable bonds is 7. The minimum atomic E-state index is -3.79. The van der Waals surface area contributed by atoms with Crippen molar-refractivity contribution in [1.29, 1.82) is 0 Å². The quantitative estimate of drug-likeness (QED) is 0.366. The predicted molar refractivity (Wildman–Crippen MR) is 159 cm³/mol. The van der Waals surface area contributed by atoms with Gasteiger partial charge in [0.1, 0.15) is 11.6 Å². The number of pyridine rings is 2. The van der Waals surface area contributed by atoms with Gasteiger partial charge in [-0.25, -0.2) is 9.97 Å². The molecule has 0 spiro atoms. The number of nitrogens with zero attached hydrogens (tertiary/aromatic N) is 4. The van der Waals surface area contributed by atoms with Gasteiger partial charge in [-0.3, -0.25) is 4.18 Å². The summed E-state index contributed by atoms with van der Waals surface area (Å²) in [7, 11) is -3.79. The van der Waals surface area contributed by atoms with Crippen molar-refractivity contribution >= 4 is 53.6 Å². The second-order valence-electron chi connectivity index (χ2n) is 9.28. The van der Waals surface area contributed by atoms with E-state index in [1.54, 1.807) is 36.7 Å². The molecule has 10 nitrogen and oxygen atoms in total. The van der Waals surface area contributed by atoms with Crippen LogP contribution < -0.4 is 9.80 Å². The zero-order valence-corrected chi connectivity index (χ0v) is 26.0. The van der Waals surface area contributed by atoms with Crippen LogP contribution >= 0.6 is 31.9 Å². The second-order valence-corrected chi connectivity index (χ2v) is 12.7. The van der Waals surface area contributed by atoms with Crippen molar-refractivity contribution in [2.45, 2.75) is 24.0 Å². The molecule has 0 saturated carbocycles. The maximum atomic E-state index is 12.3. The molecule has 0 bridgehead atoms. The number of morpholine rings is 2. The summed E-state index contributed by atoms with van der Waals surface area (Å²) in [5, 5.41) is 9.03. The predicted octanol–water partition coefficient (Wildman–Crippen LogP) is 3.80. The average molecular weight is 700 g/mol. The van der Waals surface area contributed by atoms with E-state index in [0.717, 1.165) is 32.7 Å². The van der Waals surface area contributed by atoms with Crippen LogP contribution in [0.25, 0.3) is 0 Å². The highest BCUT2D eigenvalue weighted by molar-refractivity contribution is 9.10. The number of ether oxygens (including phenoxy) is 2. The zero-order valence-electron chi connectivity index (χ0n) is 22.0. The van der Waals surface area contributed by atoms with E-state index in [2.05, 4.69) is 51.6 Å². The van der Waals surface area contributed by atoms with E-state index in [4.69, 9.17) is 18.8 Å². The number of halogens is 2. The number of hydrogen-bond donors (Lipinski definition) is 1. The monoisotopic (exact) mass is 698 g/mol. The molecular weight excluding hydrogens is 668 g/mol. The van der Waals surface area contributed by atoms with E-state index in [9.17, 15) is 8.42 Å². The molecule has 2 atom stereocenters. The van der Waals surface area contributed by atoms with Crippen LogP contribution in [0.4, 0.5) is 11.6 Å². The van der Waals surface area contributed by atoms with Crippen molar-refractivity contribution in [1.82, 2.24) is 9.97 Å². The maximum absolute atomic E-state index is 12.3. The summed E-state index contributed by atoms with van der Waals surface area (Å²) in [6.07, 6.45) is 3.06. The molecule has 5 rings (SSSR count). The Kier molecular flexibility index (Phi) is 11.3. The largest absolute Gasteiger partial charge is 0.394 e. The molecule has 0 amide bonds. The summed E-state index contributed by atoms with van der Waals surface area (Å²) in [6.45, 7) is 5.80. The summed E-state index contributed by atoms with van der Waals surface area (Å²) >= 11 is 6.84. The summed E-state index contributed by atoms with van der Waals surface area (Å²) in [5.74, 6) is 1.75. The van der Waals surface area contributed by atoms with Crippen LogP contribution in [0.15, 0.2) is 74.8 Å². The fourth-order valence-electron chi connectivity index (χ4n) is 4.14. The summed E-state index contributed by atoms with van der Waals surface area (Å²) in [6, 6.07) is 14.2. The van der Waals surface area contributed by atoms with Crippen LogP contribution in [0.5, 0.6) is 0 Å². The average Bonchev–Trinajstić information content (AvgIpc) is 2.97. The topological polar surface area (TPSA) is 114 Å². The maximum Gasteiger partial charge on any atom is 0.297 e. The summed E-state index contributed by atoms with van der Waals surface area (Å²) in [4.78, 5) is 13.0. The highest BCUT2D eigenvalue weighted by Crippen LogP contribution is 2.21. The van der Waals surface area contributed by atoms with Gasteiger partial charge in [-0.1, -0.05) is 49.6 Å². The van der Waals surface area contributed by atoms with Crippen molar-refractivity contribution in [2.24, 2.45) is 0 Å². The van der Waals surface area contributed by atoms with Gasteiger partial charge < -0.3 is 24.4 Å². The van der Waals surface area contributed by atoms with Gasteiger partial charge in [-0.15, -0.1) is 0 Å². The molecule has 2 aliphatic heterocycles. The molecule has 4 heterocycles. The molecule has 2 fully saturated rings. The van der Waals surface area contributed by atoms with Gasteiger partial charge in [-0.2, -0.15) is 8.42 Å². The fourth-order valence-corrected chi connectivity index (χ4v) is 5.72. The lowest BCUT2D eigenvalue weighted by molar-refractivity contribution is 0.00336. The third-order valence-electron chi connectivity index (χ3n) is 6.26. The lowest BCUT2D eigenvalue weighted by Gasteiger charge is -2.33. The lowest BCUT2D eigenvalue weighted by atomic mass is 10.2. The lowest BCUT2D eigenvalue weighted by Crippen LogP contribution is -2.45. The van der Waals surface area contributed by atoms with Crippen molar-refractivity contribution in [3.05, 3.63) is 75.4 Å². The van der Waals surface area contributed by atoms with E-state index >= 15 is 0 Å². The Morgan fingerprint density at radius 3 is 1.95 bits per heavy atom. The molecule has 2 saturated heterocycles. The number of aryl methyl sites for hydroxylation is 1. The van der Waals surface area contributed by atoms with Gasteiger partial charge in [0.05, 0.1) is 43.5 Å². The number of hydrogen-bond acceptors (Lipinski definition) is 10. The Morgan fingerprint density at radius 1 is 0.900 bits per heavy atom. The third kappa shape index (κ3) is 8.93. The molecule has 1 aromatic carbocycles. The molecule has 13 heteroatoms. The molecule has 3 aromatic rings. The number of aromatic nitrogens is 2. The SMILES string of the molecule is Cc1ccc(S(=O)(=O)OC[C@H]2CN(c3cc(Br)ccn3)CCO2)cc1.OC[C@H]1CN(c2cc(Br)ccn2)CCO1. The second kappa shape index (κ2) is 14.7. The Labute approximate surface area is 251 Å². The van der Waals surface area contributed by atoms with E-state index < -0.39 is 10.1 Å². The molecule has 40 heavy (non-hydrogen) atoms. The van der Waals surface area contributed by atoms with E-state index in [0.29, 0.717) is 32.8 Å². The van der Waals surface area contributed by atoms with Crippen molar-refractivity contribution in [3.63, 3.8) is 0 Å². The normalized spacial score (nSPS) is 19.6. The van der Waals surface area contributed by atoms with Crippen molar-refractivity contribution < 1.29 is 27.2 Å². The van der Waals surface area contributed by atoms with Crippen LogP contribution in [0.2, 0.25) is 0 Å². The summed E-state index contributed by atoms with van der Waals surface area (Å²) < 4.78 is 42.7. The van der Waals surface area contributed by atoms with Crippen molar-refractivity contribution in [2.75, 3.05) is 62.4 Å². The molecule has 0 radical (unpaired) electrons. The highest BCUT2D eigenvalue weighted by Gasteiger charge is 2.25. The van der Waals surface area contributed by atoms with Crippen LogP contribution in [0.1, 0.15) is 5.56 Å². The van der Waals surface area contributed by atoms with Crippen LogP contribution in [0.3, 0.4) is 0 Å². The van der Waals surface area contributed by atoms with E-state index in [1.165, 1.54) is 0 Å². The van der Waals surface area contributed by atoms with Gasteiger partial charge in [-0.05, 0) is 43.3 Å². The zero-order chi connectivity index (χ0) is 28.5. The number of anilines is 2. The Morgan fingerprint density at radius 2 is 1.43 bits per heavy atom. The summed E-state index contributed by atoms with van der Waals surface area (Å²) in [5.41, 5.74) is 0.992. The molecule has 0 aliphatic carbocycles. The first kappa shape index (κ1) is 30.8. The molecule has 2 aliphatic rings. The van der Waals surface area contributed by atoms with Gasteiger partial charge in [0.15, 0.2) is 0 Å². The Balaban J connectivity index is 0.000000210. The van der Waals surface area contributed by atoms with Crippen molar-refractivity contribution in [3.8, 4) is 0 Å². The smallest absolute Gasteiger partial charge is 0.297 e.